The Balaban J connectivity index is 2.29. The van der Waals surface area contributed by atoms with E-state index < -0.39 is 6.10 Å². The quantitative estimate of drug-likeness (QED) is 0.747. The standard InChI is InChI=1S/C12H16O2/c13-8-12(14)11-6-5-9-3-1-2-4-10(9)7-11/h5-7,12-14H,1-4,8H2/t12-/m0/s1. The Kier molecular flexibility index (Phi) is 2.85. The van der Waals surface area contributed by atoms with Gasteiger partial charge in [-0.05, 0) is 42.4 Å². The van der Waals surface area contributed by atoms with Crippen molar-refractivity contribution in [2.75, 3.05) is 6.61 Å². The van der Waals surface area contributed by atoms with Gasteiger partial charge in [-0.15, -0.1) is 0 Å². The van der Waals surface area contributed by atoms with Crippen molar-refractivity contribution in [3.8, 4) is 0 Å². The number of aryl methyl sites for hydroxylation is 2. The van der Waals surface area contributed by atoms with Gasteiger partial charge in [0.1, 0.15) is 6.10 Å². The van der Waals surface area contributed by atoms with Crippen molar-refractivity contribution in [2.45, 2.75) is 31.8 Å². The van der Waals surface area contributed by atoms with E-state index in [0.29, 0.717) is 0 Å². The molecule has 2 rings (SSSR count). The van der Waals surface area contributed by atoms with Gasteiger partial charge in [0.15, 0.2) is 0 Å². The lowest BCUT2D eigenvalue weighted by Gasteiger charge is -2.17. The maximum atomic E-state index is 9.48. The second kappa shape index (κ2) is 4.11. The summed E-state index contributed by atoms with van der Waals surface area (Å²) in [6.07, 6.45) is 4.06. The Bertz CT molecular complexity index is 320. The first-order chi connectivity index (χ1) is 6.81. The third-order valence-electron chi connectivity index (χ3n) is 2.93. The van der Waals surface area contributed by atoms with Crippen LogP contribution in [-0.4, -0.2) is 16.8 Å². The van der Waals surface area contributed by atoms with Crippen molar-refractivity contribution in [1.29, 1.82) is 0 Å². The van der Waals surface area contributed by atoms with Crippen LogP contribution in [0.2, 0.25) is 0 Å². The molecule has 0 aliphatic heterocycles. The van der Waals surface area contributed by atoms with Crippen molar-refractivity contribution < 1.29 is 10.2 Å². The van der Waals surface area contributed by atoms with E-state index in [1.165, 1.54) is 24.0 Å². The number of hydrogen-bond donors (Lipinski definition) is 2. The first-order valence-corrected chi connectivity index (χ1v) is 5.22. The van der Waals surface area contributed by atoms with Crippen LogP contribution in [0.25, 0.3) is 0 Å². The summed E-state index contributed by atoms with van der Waals surface area (Å²) in [7, 11) is 0. The van der Waals surface area contributed by atoms with Crippen LogP contribution in [0.3, 0.4) is 0 Å². The first kappa shape index (κ1) is 9.69. The lowest BCUT2D eigenvalue weighted by atomic mass is 9.89. The minimum absolute atomic E-state index is 0.196. The normalized spacial score (nSPS) is 17.6. The van der Waals surface area contributed by atoms with E-state index in [1.807, 2.05) is 12.1 Å². The van der Waals surface area contributed by atoms with Crippen molar-refractivity contribution >= 4 is 0 Å². The Hall–Kier alpha value is -0.860. The van der Waals surface area contributed by atoms with Crippen LogP contribution in [0.5, 0.6) is 0 Å². The molecule has 0 spiro atoms. The summed E-state index contributed by atoms with van der Waals surface area (Å²) < 4.78 is 0. The van der Waals surface area contributed by atoms with Crippen LogP contribution in [0.4, 0.5) is 0 Å². The average Bonchev–Trinajstić information content (AvgIpc) is 2.27. The Morgan fingerprint density at radius 1 is 1.14 bits per heavy atom. The highest BCUT2D eigenvalue weighted by atomic mass is 16.3. The summed E-state index contributed by atoms with van der Waals surface area (Å²) >= 11 is 0. The van der Waals surface area contributed by atoms with E-state index in [4.69, 9.17) is 5.11 Å². The Morgan fingerprint density at radius 3 is 2.57 bits per heavy atom. The van der Waals surface area contributed by atoms with Gasteiger partial charge in [0.25, 0.3) is 0 Å². The van der Waals surface area contributed by atoms with E-state index >= 15 is 0 Å². The van der Waals surface area contributed by atoms with Gasteiger partial charge >= 0.3 is 0 Å². The molecule has 2 heteroatoms. The van der Waals surface area contributed by atoms with E-state index in [1.54, 1.807) is 0 Å². The summed E-state index contributed by atoms with van der Waals surface area (Å²) in [5.74, 6) is 0. The molecule has 0 saturated carbocycles. The molecule has 2 nitrogen and oxygen atoms in total. The van der Waals surface area contributed by atoms with E-state index in [2.05, 4.69) is 6.07 Å². The van der Waals surface area contributed by atoms with Crippen LogP contribution in [0.1, 0.15) is 35.6 Å². The highest BCUT2D eigenvalue weighted by Gasteiger charge is 2.12. The largest absolute Gasteiger partial charge is 0.393 e. The van der Waals surface area contributed by atoms with Gasteiger partial charge in [-0.25, -0.2) is 0 Å². The highest BCUT2D eigenvalue weighted by molar-refractivity contribution is 5.34. The van der Waals surface area contributed by atoms with Gasteiger partial charge in [-0.1, -0.05) is 18.2 Å². The van der Waals surface area contributed by atoms with Gasteiger partial charge in [-0.2, -0.15) is 0 Å². The van der Waals surface area contributed by atoms with Crippen LogP contribution >= 0.6 is 0 Å². The van der Waals surface area contributed by atoms with Crippen LogP contribution in [-0.2, 0) is 12.8 Å². The fourth-order valence-electron chi connectivity index (χ4n) is 2.07. The van der Waals surface area contributed by atoms with Crippen LogP contribution in [0, 0.1) is 0 Å². The fourth-order valence-corrected chi connectivity index (χ4v) is 2.07. The molecule has 1 aromatic rings. The molecule has 2 N–H and O–H groups in total. The molecule has 0 unspecified atom stereocenters. The number of aliphatic hydroxyl groups excluding tert-OH is 2. The topological polar surface area (TPSA) is 40.5 Å². The maximum absolute atomic E-state index is 9.48. The second-order valence-corrected chi connectivity index (χ2v) is 3.93. The smallest absolute Gasteiger partial charge is 0.102 e. The minimum atomic E-state index is -0.720. The first-order valence-electron chi connectivity index (χ1n) is 5.22. The molecule has 1 aliphatic rings. The third-order valence-corrected chi connectivity index (χ3v) is 2.93. The third kappa shape index (κ3) is 1.81. The van der Waals surface area contributed by atoms with Crippen molar-refractivity contribution in [3.05, 3.63) is 34.9 Å². The van der Waals surface area contributed by atoms with Gasteiger partial charge in [0, 0.05) is 0 Å². The molecule has 0 saturated heterocycles. The van der Waals surface area contributed by atoms with Gasteiger partial charge < -0.3 is 10.2 Å². The SMILES string of the molecule is OC[C@H](O)c1ccc2c(c1)CCCC2. The molecule has 0 aromatic heterocycles. The summed E-state index contributed by atoms with van der Waals surface area (Å²) in [6, 6.07) is 6.04. The summed E-state index contributed by atoms with van der Waals surface area (Å²) in [5, 5.41) is 18.3. The van der Waals surface area contributed by atoms with Crippen molar-refractivity contribution in [2.24, 2.45) is 0 Å². The van der Waals surface area contributed by atoms with Gasteiger partial charge in [0.2, 0.25) is 0 Å². The lowest BCUT2D eigenvalue weighted by molar-refractivity contribution is 0.0955. The lowest BCUT2D eigenvalue weighted by Crippen LogP contribution is -2.07. The monoisotopic (exact) mass is 192 g/mol. The molecule has 76 valence electrons. The zero-order valence-electron chi connectivity index (χ0n) is 8.24. The summed E-state index contributed by atoms with van der Waals surface area (Å²) in [5.41, 5.74) is 3.60. The predicted octanol–water partition coefficient (Wildman–Crippen LogP) is 1.59. The van der Waals surface area contributed by atoms with Crippen molar-refractivity contribution in [3.63, 3.8) is 0 Å². The molecule has 0 heterocycles. The number of hydrogen-bond acceptors (Lipinski definition) is 2. The molecule has 0 fully saturated rings. The number of fused-ring (bicyclic) bond motifs is 1. The molecule has 0 radical (unpaired) electrons. The summed E-state index contributed by atoms with van der Waals surface area (Å²) in [6.45, 7) is -0.196. The zero-order valence-corrected chi connectivity index (χ0v) is 8.24. The minimum Gasteiger partial charge on any atom is -0.393 e. The molecule has 14 heavy (non-hydrogen) atoms. The second-order valence-electron chi connectivity index (χ2n) is 3.93. The summed E-state index contributed by atoms with van der Waals surface area (Å²) in [4.78, 5) is 0. The average molecular weight is 192 g/mol. The number of rotatable bonds is 2. The number of aliphatic hydroxyl groups is 2. The zero-order chi connectivity index (χ0) is 9.97. The van der Waals surface area contributed by atoms with E-state index in [0.717, 1.165) is 18.4 Å². The van der Waals surface area contributed by atoms with Crippen LogP contribution < -0.4 is 0 Å². The molecule has 0 bridgehead atoms. The van der Waals surface area contributed by atoms with Crippen LogP contribution in [0.15, 0.2) is 18.2 Å². The molecule has 1 aliphatic carbocycles. The van der Waals surface area contributed by atoms with Gasteiger partial charge in [0.05, 0.1) is 6.61 Å². The van der Waals surface area contributed by atoms with E-state index in [-0.39, 0.29) is 6.61 Å². The molecule has 1 atom stereocenters. The molecular formula is C12H16O2. The van der Waals surface area contributed by atoms with E-state index in [9.17, 15) is 5.11 Å². The van der Waals surface area contributed by atoms with Crippen molar-refractivity contribution in [1.82, 2.24) is 0 Å². The Morgan fingerprint density at radius 2 is 1.86 bits per heavy atom. The molecule has 0 amide bonds. The maximum Gasteiger partial charge on any atom is 0.102 e. The predicted molar refractivity (Wildman–Crippen MR) is 55.1 cm³/mol. The fraction of sp³-hybridized carbons (Fsp3) is 0.500. The number of benzene rings is 1. The highest BCUT2D eigenvalue weighted by Crippen LogP contribution is 2.24. The molecular weight excluding hydrogens is 176 g/mol. The Labute approximate surface area is 84.2 Å². The molecule has 1 aromatic carbocycles. The van der Waals surface area contributed by atoms with Gasteiger partial charge in [-0.3, -0.25) is 0 Å².